The number of hydrogen-bond acceptors (Lipinski definition) is 2. The van der Waals surface area contributed by atoms with Crippen molar-refractivity contribution in [2.45, 2.75) is 31.6 Å². The molecule has 2 rings (SSSR count). The van der Waals surface area contributed by atoms with Gasteiger partial charge in [-0.2, -0.15) is 0 Å². The molecule has 0 aliphatic carbocycles. The molecule has 0 N–H and O–H groups in total. The molecule has 0 aliphatic rings. The monoisotopic (exact) mass is 288 g/mol. The highest BCUT2D eigenvalue weighted by Crippen LogP contribution is 2.34. The van der Waals surface area contributed by atoms with E-state index in [9.17, 15) is 8.42 Å². The van der Waals surface area contributed by atoms with Gasteiger partial charge in [-0.15, -0.1) is 5.69 Å². The predicted octanol–water partition coefficient (Wildman–Crippen LogP) is 4.51. The van der Waals surface area contributed by atoms with E-state index in [1.807, 2.05) is 32.9 Å². The molecule has 0 amide bonds. The van der Waals surface area contributed by atoms with Crippen LogP contribution in [0.5, 0.6) is 0 Å². The Morgan fingerprint density at radius 2 is 1.55 bits per heavy atom. The first kappa shape index (κ1) is 14.6. The molecule has 2 aromatic rings. The van der Waals surface area contributed by atoms with Gasteiger partial charge in [0, 0.05) is 0 Å². The maximum Gasteiger partial charge on any atom is 0.123 e. The molecule has 0 saturated carbocycles. The first-order valence-corrected chi connectivity index (χ1v) is 7.98. The lowest BCUT2D eigenvalue weighted by atomic mass is 10.0. The molecule has 0 fully saturated rings. The normalized spacial score (nSPS) is 11.6. The van der Waals surface area contributed by atoms with Gasteiger partial charge in [-0.05, 0) is 25.0 Å². The van der Waals surface area contributed by atoms with Crippen LogP contribution in [-0.2, 0) is 10.0 Å². The van der Waals surface area contributed by atoms with Crippen LogP contribution in [0.15, 0.2) is 53.4 Å². The van der Waals surface area contributed by atoms with Crippen LogP contribution in [0.4, 0.5) is 5.69 Å². The average molecular weight is 288 g/mol. The van der Waals surface area contributed by atoms with E-state index >= 15 is 0 Å². The molecule has 0 spiro atoms. The molecule has 0 heterocycles. The Hall–Kier alpha value is -1.81. The van der Waals surface area contributed by atoms with E-state index in [1.165, 1.54) is 0 Å². The van der Waals surface area contributed by atoms with E-state index in [-0.39, 0.29) is 10.8 Å². The third kappa shape index (κ3) is 3.20. The summed E-state index contributed by atoms with van der Waals surface area (Å²) in [5, 5.41) is 0. The number of hydrogen-bond donors (Lipinski definition) is 0. The summed E-state index contributed by atoms with van der Waals surface area (Å²) in [6, 6.07) is 14.1. The number of nitrogens with zero attached hydrogens (tertiary/aromatic N) is 1. The Morgan fingerprint density at radius 3 is 2.15 bits per heavy atom. The van der Waals surface area contributed by atoms with Gasteiger partial charge in [0.25, 0.3) is 0 Å². The minimum Gasteiger partial charge on any atom is -0.572 e. The van der Waals surface area contributed by atoms with Gasteiger partial charge in [-0.25, -0.2) is 8.42 Å². The minimum absolute atomic E-state index is 0.224. The average Bonchev–Trinajstić information content (AvgIpc) is 2.39. The van der Waals surface area contributed by atoms with Crippen molar-refractivity contribution in [2.75, 3.05) is 0 Å². The van der Waals surface area contributed by atoms with Gasteiger partial charge < -0.3 is 4.72 Å². The van der Waals surface area contributed by atoms with E-state index in [4.69, 9.17) is 0 Å². The topological polar surface area (TPSA) is 48.2 Å². The Bertz CT molecular complexity index is 689. The second kappa shape index (κ2) is 5.67. The van der Waals surface area contributed by atoms with Crippen molar-refractivity contribution in [3.63, 3.8) is 0 Å². The van der Waals surface area contributed by atoms with Crippen molar-refractivity contribution >= 4 is 15.7 Å². The van der Waals surface area contributed by atoms with E-state index < -0.39 is 10.0 Å². The summed E-state index contributed by atoms with van der Waals surface area (Å²) in [6.45, 7) is 5.96. The van der Waals surface area contributed by atoms with Crippen molar-refractivity contribution in [3.05, 3.63) is 64.4 Å². The molecular formula is C16H18NO2S-. The lowest BCUT2D eigenvalue weighted by Crippen LogP contribution is -1.99. The zero-order chi connectivity index (χ0) is 14.8. The van der Waals surface area contributed by atoms with Crippen LogP contribution < -0.4 is 0 Å². The van der Waals surface area contributed by atoms with Crippen molar-refractivity contribution in [1.29, 1.82) is 0 Å². The van der Waals surface area contributed by atoms with Crippen LogP contribution in [0.2, 0.25) is 0 Å². The summed E-state index contributed by atoms with van der Waals surface area (Å²) >= 11 is 0. The summed E-state index contributed by atoms with van der Waals surface area (Å²) < 4.78 is 28.6. The molecule has 0 atom stereocenters. The summed E-state index contributed by atoms with van der Waals surface area (Å²) in [5.41, 5.74) is 2.47. The number of benzene rings is 2. The van der Waals surface area contributed by atoms with Crippen LogP contribution in [0, 0.1) is 6.92 Å². The van der Waals surface area contributed by atoms with Gasteiger partial charge in [-0.1, -0.05) is 61.4 Å². The number of rotatable bonds is 4. The fourth-order valence-electron chi connectivity index (χ4n) is 1.95. The third-order valence-corrected chi connectivity index (χ3v) is 4.40. The summed E-state index contributed by atoms with van der Waals surface area (Å²) in [4.78, 5) is 0.224. The zero-order valence-corrected chi connectivity index (χ0v) is 12.7. The van der Waals surface area contributed by atoms with Gasteiger partial charge in [0.15, 0.2) is 0 Å². The largest absolute Gasteiger partial charge is 0.572 e. The second-order valence-electron chi connectivity index (χ2n) is 5.09. The van der Waals surface area contributed by atoms with E-state index in [1.54, 1.807) is 36.4 Å². The zero-order valence-electron chi connectivity index (χ0n) is 11.9. The van der Waals surface area contributed by atoms with Crippen LogP contribution in [0.3, 0.4) is 0 Å². The van der Waals surface area contributed by atoms with Gasteiger partial charge in [0.05, 0.1) is 4.90 Å². The third-order valence-electron chi connectivity index (χ3n) is 3.10. The van der Waals surface area contributed by atoms with Gasteiger partial charge in [-0.3, -0.25) is 0 Å². The summed E-state index contributed by atoms with van der Waals surface area (Å²) in [7, 11) is -3.66. The molecular weight excluding hydrogens is 270 g/mol. The Labute approximate surface area is 120 Å². The van der Waals surface area contributed by atoms with Crippen molar-refractivity contribution in [2.24, 2.45) is 0 Å². The van der Waals surface area contributed by atoms with Crippen LogP contribution in [-0.4, -0.2) is 8.42 Å². The predicted molar refractivity (Wildman–Crippen MR) is 81.9 cm³/mol. The highest BCUT2D eigenvalue weighted by atomic mass is 32.2. The quantitative estimate of drug-likeness (QED) is 0.831. The molecule has 0 saturated heterocycles. The van der Waals surface area contributed by atoms with Gasteiger partial charge >= 0.3 is 0 Å². The first-order chi connectivity index (χ1) is 9.40. The highest BCUT2D eigenvalue weighted by Gasteiger charge is 2.07. The van der Waals surface area contributed by atoms with Crippen LogP contribution in [0.25, 0.3) is 4.72 Å². The lowest BCUT2D eigenvalue weighted by molar-refractivity contribution is 0.603. The minimum atomic E-state index is -3.66. The standard InChI is InChI=1S/C16H18NO2S/c1-12(2)15-6-4-5-7-16(15)17-20(18,19)14-10-8-13(3)9-11-14/h4-12H,1-3H3/q-1. The fourth-order valence-corrected chi connectivity index (χ4v) is 2.96. The molecule has 0 radical (unpaired) electrons. The van der Waals surface area contributed by atoms with Crippen molar-refractivity contribution in [1.82, 2.24) is 0 Å². The second-order valence-corrected chi connectivity index (χ2v) is 6.70. The molecule has 0 unspecified atom stereocenters. The molecule has 0 bridgehead atoms. The molecule has 0 aliphatic heterocycles. The summed E-state index contributed by atoms with van der Waals surface area (Å²) in [5.74, 6) is 0.225. The molecule has 2 aromatic carbocycles. The first-order valence-electron chi connectivity index (χ1n) is 6.54. The van der Waals surface area contributed by atoms with Crippen LogP contribution >= 0.6 is 0 Å². The molecule has 106 valence electrons. The fraction of sp³-hybridized carbons (Fsp3) is 0.250. The molecule has 0 aromatic heterocycles. The smallest absolute Gasteiger partial charge is 0.123 e. The SMILES string of the molecule is Cc1ccc(S(=O)(=O)[N-]c2ccccc2C(C)C)cc1. The number of sulfonamides is 1. The van der Waals surface area contributed by atoms with E-state index in [0.717, 1.165) is 11.1 Å². The van der Waals surface area contributed by atoms with E-state index in [2.05, 4.69) is 4.72 Å². The molecule has 20 heavy (non-hydrogen) atoms. The maximum atomic E-state index is 12.3. The summed E-state index contributed by atoms with van der Waals surface area (Å²) in [6.07, 6.45) is 0. The Kier molecular flexibility index (Phi) is 4.14. The Balaban J connectivity index is 2.36. The lowest BCUT2D eigenvalue weighted by Gasteiger charge is -2.26. The van der Waals surface area contributed by atoms with Gasteiger partial charge in [0.2, 0.25) is 0 Å². The van der Waals surface area contributed by atoms with Crippen molar-refractivity contribution in [3.8, 4) is 0 Å². The molecule has 4 heteroatoms. The number of aryl methyl sites for hydroxylation is 1. The maximum absolute atomic E-state index is 12.3. The van der Waals surface area contributed by atoms with Gasteiger partial charge in [0.1, 0.15) is 10.0 Å². The van der Waals surface area contributed by atoms with Crippen LogP contribution in [0.1, 0.15) is 30.9 Å². The molecule has 3 nitrogen and oxygen atoms in total. The Morgan fingerprint density at radius 1 is 0.950 bits per heavy atom. The van der Waals surface area contributed by atoms with E-state index in [0.29, 0.717) is 5.69 Å². The van der Waals surface area contributed by atoms with Crippen molar-refractivity contribution < 1.29 is 8.42 Å². The highest BCUT2D eigenvalue weighted by molar-refractivity contribution is 7.94.